The third-order valence-corrected chi connectivity index (χ3v) is 3.46. The van der Waals surface area contributed by atoms with E-state index in [2.05, 4.69) is 15.6 Å². The number of rotatable bonds is 2. The first-order valence-electron chi connectivity index (χ1n) is 6.64. The molecule has 0 aliphatic carbocycles. The lowest BCUT2D eigenvalue weighted by Gasteiger charge is -2.07. The van der Waals surface area contributed by atoms with Gasteiger partial charge in [-0.25, -0.2) is 0 Å². The van der Waals surface area contributed by atoms with E-state index in [0.29, 0.717) is 11.3 Å². The van der Waals surface area contributed by atoms with Crippen LogP contribution in [0.3, 0.4) is 0 Å². The van der Waals surface area contributed by atoms with Crippen molar-refractivity contribution in [3.05, 3.63) is 47.8 Å². The molecule has 106 valence electrons. The fourth-order valence-corrected chi connectivity index (χ4v) is 2.52. The van der Waals surface area contributed by atoms with E-state index in [1.807, 2.05) is 31.3 Å². The topological polar surface area (TPSA) is 74.0 Å². The predicted octanol–water partition coefficient (Wildman–Crippen LogP) is 2.86. The van der Waals surface area contributed by atoms with E-state index < -0.39 is 0 Å². The van der Waals surface area contributed by atoms with Crippen LogP contribution in [0.5, 0.6) is 0 Å². The molecule has 1 aromatic carbocycles. The number of amides is 2. The number of hydrogen-bond acceptors (Lipinski definition) is 2. The number of nitrogens with one attached hydrogen (secondary N) is 3. The molecule has 2 aromatic rings. The van der Waals surface area contributed by atoms with Gasteiger partial charge >= 0.3 is 0 Å². The Morgan fingerprint density at radius 3 is 2.67 bits per heavy atom. The van der Waals surface area contributed by atoms with Gasteiger partial charge in [0.05, 0.1) is 5.57 Å². The van der Waals surface area contributed by atoms with E-state index in [1.54, 1.807) is 12.1 Å². The lowest BCUT2D eigenvalue weighted by Crippen LogP contribution is -2.05. The summed E-state index contributed by atoms with van der Waals surface area (Å²) >= 11 is 0. The zero-order chi connectivity index (χ0) is 15.0. The van der Waals surface area contributed by atoms with Crippen LogP contribution >= 0.6 is 0 Å². The summed E-state index contributed by atoms with van der Waals surface area (Å²) in [5, 5.41) is 5.58. The maximum absolute atomic E-state index is 12.2. The first-order valence-corrected chi connectivity index (χ1v) is 6.64. The highest BCUT2D eigenvalue weighted by Crippen LogP contribution is 2.37. The Bertz CT molecular complexity index is 758. The molecule has 2 heterocycles. The fourth-order valence-electron chi connectivity index (χ4n) is 2.52. The molecule has 0 bridgehead atoms. The third-order valence-electron chi connectivity index (χ3n) is 3.46. The molecule has 3 rings (SSSR count). The molecule has 0 atom stereocenters. The second-order valence-electron chi connectivity index (χ2n) is 4.98. The van der Waals surface area contributed by atoms with Gasteiger partial charge in [-0.3, -0.25) is 9.59 Å². The van der Waals surface area contributed by atoms with Crippen molar-refractivity contribution in [2.75, 3.05) is 10.6 Å². The van der Waals surface area contributed by atoms with Crippen molar-refractivity contribution >= 4 is 34.3 Å². The average Bonchev–Trinajstić information content (AvgIpc) is 3.04. The molecular formula is C16H15N3O2. The van der Waals surface area contributed by atoms with Crippen LogP contribution in [0.15, 0.2) is 36.5 Å². The second kappa shape index (κ2) is 4.94. The van der Waals surface area contributed by atoms with Gasteiger partial charge in [-0.05, 0) is 42.8 Å². The Morgan fingerprint density at radius 2 is 2.00 bits per heavy atom. The summed E-state index contributed by atoms with van der Waals surface area (Å²) in [6.07, 6.45) is 1.82. The monoisotopic (exact) mass is 281 g/mol. The van der Waals surface area contributed by atoms with E-state index in [-0.39, 0.29) is 11.8 Å². The van der Waals surface area contributed by atoms with Crippen molar-refractivity contribution in [1.82, 2.24) is 4.98 Å². The SMILES string of the molecule is CC(=O)Nc1ccc2c(c1)/C(=C(\C)c1ccc[nH]1)C(=O)N2. The second-order valence-corrected chi connectivity index (χ2v) is 4.98. The minimum Gasteiger partial charge on any atom is -0.361 e. The molecule has 0 spiro atoms. The minimum absolute atomic E-state index is 0.128. The van der Waals surface area contributed by atoms with Crippen molar-refractivity contribution < 1.29 is 9.59 Å². The van der Waals surface area contributed by atoms with Crippen LogP contribution in [0, 0.1) is 0 Å². The molecule has 0 unspecified atom stereocenters. The van der Waals surface area contributed by atoms with Crippen LogP contribution in [0.4, 0.5) is 11.4 Å². The van der Waals surface area contributed by atoms with E-state index >= 15 is 0 Å². The summed E-state index contributed by atoms with van der Waals surface area (Å²) in [7, 11) is 0. The van der Waals surface area contributed by atoms with Gasteiger partial charge in [0, 0.05) is 35.8 Å². The minimum atomic E-state index is -0.140. The van der Waals surface area contributed by atoms with Crippen LogP contribution in [0.1, 0.15) is 25.1 Å². The standard InChI is InChI=1S/C16H15N3O2/c1-9(13-4-3-7-17-13)15-12-8-11(18-10(2)20)5-6-14(12)19-16(15)21/h3-8,17H,1-2H3,(H,18,20)(H,19,21)/b15-9-. The van der Waals surface area contributed by atoms with Crippen molar-refractivity contribution in [3.63, 3.8) is 0 Å². The molecule has 0 fully saturated rings. The Kier molecular flexibility index (Phi) is 3.10. The van der Waals surface area contributed by atoms with Gasteiger partial charge < -0.3 is 15.6 Å². The molecule has 5 nitrogen and oxygen atoms in total. The highest BCUT2D eigenvalue weighted by Gasteiger charge is 2.27. The Balaban J connectivity index is 2.12. The number of fused-ring (bicyclic) bond motifs is 1. The van der Waals surface area contributed by atoms with Crippen molar-refractivity contribution in [3.8, 4) is 0 Å². The molecule has 1 aromatic heterocycles. The van der Waals surface area contributed by atoms with Gasteiger partial charge in [0.1, 0.15) is 0 Å². The summed E-state index contributed by atoms with van der Waals surface area (Å²) in [5.74, 6) is -0.268. The first-order chi connectivity index (χ1) is 10.1. The molecular weight excluding hydrogens is 266 g/mol. The Morgan fingerprint density at radius 1 is 1.19 bits per heavy atom. The number of anilines is 2. The Hall–Kier alpha value is -2.82. The zero-order valence-corrected chi connectivity index (χ0v) is 11.8. The van der Waals surface area contributed by atoms with Crippen LogP contribution in [0.25, 0.3) is 11.1 Å². The molecule has 5 heteroatoms. The molecule has 1 aliphatic rings. The summed E-state index contributed by atoms with van der Waals surface area (Å²) in [6.45, 7) is 3.36. The van der Waals surface area contributed by atoms with Gasteiger partial charge in [0.15, 0.2) is 0 Å². The summed E-state index contributed by atoms with van der Waals surface area (Å²) in [5.41, 5.74) is 4.64. The van der Waals surface area contributed by atoms with E-state index in [4.69, 9.17) is 0 Å². The summed E-state index contributed by atoms with van der Waals surface area (Å²) in [4.78, 5) is 26.5. The van der Waals surface area contributed by atoms with Crippen LogP contribution in [0.2, 0.25) is 0 Å². The van der Waals surface area contributed by atoms with Gasteiger partial charge in [-0.1, -0.05) is 0 Å². The third kappa shape index (κ3) is 2.33. The molecule has 21 heavy (non-hydrogen) atoms. The smallest absolute Gasteiger partial charge is 0.256 e. The van der Waals surface area contributed by atoms with Gasteiger partial charge in [-0.2, -0.15) is 0 Å². The molecule has 3 N–H and O–H groups in total. The van der Waals surface area contributed by atoms with Crippen molar-refractivity contribution in [2.24, 2.45) is 0 Å². The normalized spacial score (nSPS) is 15.4. The molecule has 0 saturated heterocycles. The molecule has 0 radical (unpaired) electrons. The number of aromatic amines is 1. The number of H-pyrrole nitrogens is 1. The Labute approximate surface area is 122 Å². The van der Waals surface area contributed by atoms with Crippen molar-refractivity contribution in [1.29, 1.82) is 0 Å². The number of carbonyl (C=O) groups excluding carboxylic acids is 2. The van der Waals surface area contributed by atoms with Crippen LogP contribution in [-0.2, 0) is 9.59 Å². The molecule has 1 aliphatic heterocycles. The average molecular weight is 281 g/mol. The first kappa shape index (κ1) is 13.2. The summed E-state index contributed by atoms with van der Waals surface area (Å²) < 4.78 is 0. The van der Waals surface area contributed by atoms with Crippen molar-refractivity contribution in [2.45, 2.75) is 13.8 Å². The number of allylic oxidation sites excluding steroid dienone is 1. The number of aromatic nitrogens is 1. The largest absolute Gasteiger partial charge is 0.361 e. The number of hydrogen-bond donors (Lipinski definition) is 3. The number of carbonyl (C=O) groups is 2. The fraction of sp³-hybridized carbons (Fsp3) is 0.125. The van der Waals surface area contributed by atoms with Crippen LogP contribution in [-0.4, -0.2) is 16.8 Å². The molecule has 0 saturated carbocycles. The highest BCUT2D eigenvalue weighted by atomic mass is 16.2. The quantitative estimate of drug-likeness (QED) is 0.740. The zero-order valence-electron chi connectivity index (χ0n) is 11.8. The number of benzene rings is 1. The molecule has 2 amide bonds. The van der Waals surface area contributed by atoms with E-state index in [1.165, 1.54) is 6.92 Å². The van der Waals surface area contributed by atoms with E-state index in [9.17, 15) is 9.59 Å². The lowest BCUT2D eigenvalue weighted by molar-refractivity contribution is -0.114. The van der Waals surface area contributed by atoms with Gasteiger partial charge in [-0.15, -0.1) is 0 Å². The summed E-state index contributed by atoms with van der Waals surface area (Å²) in [6, 6.07) is 9.20. The predicted molar refractivity (Wildman–Crippen MR) is 82.7 cm³/mol. The maximum Gasteiger partial charge on any atom is 0.256 e. The lowest BCUT2D eigenvalue weighted by atomic mass is 9.99. The van der Waals surface area contributed by atoms with Gasteiger partial charge in [0.2, 0.25) is 5.91 Å². The highest BCUT2D eigenvalue weighted by molar-refractivity contribution is 6.36. The van der Waals surface area contributed by atoms with Crippen LogP contribution < -0.4 is 10.6 Å². The van der Waals surface area contributed by atoms with E-state index in [0.717, 1.165) is 22.5 Å². The maximum atomic E-state index is 12.2. The van der Waals surface area contributed by atoms with Gasteiger partial charge in [0.25, 0.3) is 5.91 Å².